The molecule has 0 saturated carbocycles. The molecule has 3 nitrogen and oxygen atoms in total. The molecule has 2 rings (SSSR count). The summed E-state index contributed by atoms with van der Waals surface area (Å²) in [5.41, 5.74) is 0.995. The van der Waals surface area contributed by atoms with Crippen molar-refractivity contribution in [3.63, 3.8) is 0 Å². The lowest BCUT2D eigenvalue weighted by Gasteiger charge is -2.07. The first-order valence-electron chi connectivity index (χ1n) is 4.79. The van der Waals surface area contributed by atoms with Crippen LogP contribution in [-0.4, -0.2) is 10.9 Å². The number of hydrogen-bond donors (Lipinski definition) is 1. The van der Waals surface area contributed by atoms with Crippen LogP contribution in [0.15, 0.2) is 24.3 Å². The minimum atomic E-state index is -0.0262. The fraction of sp³-hybridized carbons (Fsp3) is 0.273. The minimum Gasteiger partial charge on any atom is -0.347 e. The summed E-state index contributed by atoms with van der Waals surface area (Å²) in [4.78, 5) is 15.4. The molecule has 1 N–H and O–H groups in total. The Morgan fingerprint density at radius 1 is 1.47 bits per heavy atom. The Balaban J connectivity index is 2.32. The summed E-state index contributed by atoms with van der Waals surface area (Å²) in [6.45, 7) is 3.46. The Kier molecular flexibility index (Phi) is 2.68. The summed E-state index contributed by atoms with van der Waals surface area (Å²) in [5.74, 6) is -0.0262. The van der Waals surface area contributed by atoms with Crippen molar-refractivity contribution in [1.29, 1.82) is 0 Å². The second kappa shape index (κ2) is 3.98. The van der Waals surface area contributed by atoms with E-state index in [1.165, 1.54) is 6.92 Å². The van der Waals surface area contributed by atoms with Crippen LogP contribution >= 0.6 is 11.3 Å². The number of fused-ring (bicyclic) bond motifs is 1. The lowest BCUT2D eigenvalue weighted by atomic mass is 10.3. The molecule has 0 aliphatic rings. The maximum Gasteiger partial charge on any atom is 0.217 e. The van der Waals surface area contributed by atoms with E-state index >= 15 is 0 Å². The zero-order chi connectivity index (χ0) is 10.8. The largest absolute Gasteiger partial charge is 0.347 e. The van der Waals surface area contributed by atoms with Crippen molar-refractivity contribution in [1.82, 2.24) is 10.3 Å². The van der Waals surface area contributed by atoms with E-state index in [0.717, 1.165) is 15.2 Å². The van der Waals surface area contributed by atoms with Gasteiger partial charge in [0.2, 0.25) is 5.91 Å². The maximum atomic E-state index is 10.9. The fourth-order valence-corrected chi connectivity index (χ4v) is 2.41. The van der Waals surface area contributed by atoms with Crippen molar-refractivity contribution in [3.8, 4) is 0 Å². The molecule has 1 aromatic heterocycles. The molecule has 0 saturated heterocycles. The zero-order valence-electron chi connectivity index (χ0n) is 8.65. The molecule has 0 aliphatic heterocycles. The van der Waals surface area contributed by atoms with Crippen LogP contribution in [-0.2, 0) is 4.79 Å². The molecule has 1 heterocycles. The second-order valence-electron chi connectivity index (χ2n) is 3.44. The van der Waals surface area contributed by atoms with E-state index in [1.807, 2.05) is 31.2 Å². The Hall–Kier alpha value is -1.42. The van der Waals surface area contributed by atoms with Crippen molar-refractivity contribution in [2.24, 2.45) is 0 Å². The Morgan fingerprint density at radius 2 is 2.20 bits per heavy atom. The van der Waals surface area contributed by atoms with Crippen LogP contribution < -0.4 is 5.32 Å². The molecule has 1 amide bonds. The van der Waals surface area contributed by atoms with Crippen molar-refractivity contribution in [2.45, 2.75) is 19.9 Å². The quantitative estimate of drug-likeness (QED) is 0.844. The highest BCUT2D eigenvalue weighted by Gasteiger charge is 2.11. The van der Waals surface area contributed by atoms with Gasteiger partial charge in [-0.05, 0) is 19.1 Å². The van der Waals surface area contributed by atoms with Crippen LogP contribution in [0.5, 0.6) is 0 Å². The third-order valence-electron chi connectivity index (χ3n) is 2.10. The van der Waals surface area contributed by atoms with Crippen LogP contribution in [0, 0.1) is 0 Å². The smallest absolute Gasteiger partial charge is 0.217 e. The summed E-state index contributed by atoms with van der Waals surface area (Å²) in [6, 6.07) is 7.97. The molecule has 15 heavy (non-hydrogen) atoms. The van der Waals surface area contributed by atoms with E-state index in [2.05, 4.69) is 10.3 Å². The highest BCUT2D eigenvalue weighted by atomic mass is 32.1. The number of para-hydroxylation sites is 1. The van der Waals surface area contributed by atoms with Gasteiger partial charge in [-0.15, -0.1) is 11.3 Å². The summed E-state index contributed by atoms with van der Waals surface area (Å²) in [7, 11) is 0. The second-order valence-corrected chi connectivity index (χ2v) is 4.50. The highest BCUT2D eigenvalue weighted by Crippen LogP contribution is 2.25. The molecule has 78 valence electrons. The van der Waals surface area contributed by atoms with Crippen LogP contribution in [0.1, 0.15) is 24.9 Å². The van der Waals surface area contributed by atoms with Gasteiger partial charge in [0.25, 0.3) is 0 Å². The van der Waals surface area contributed by atoms with Gasteiger partial charge in [0.05, 0.1) is 16.3 Å². The first-order chi connectivity index (χ1) is 7.16. The number of thiazole rings is 1. The molecule has 0 radical (unpaired) electrons. The molecule has 1 unspecified atom stereocenters. The molecule has 0 aliphatic carbocycles. The Labute approximate surface area is 92.1 Å². The van der Waals surface area contributed by atoms with Gasteiger partial charge in [-0.3, -0.25) is 4.79 Å². The third kappa shape index (κ3) is 2.15. The number of hydrogen-bond acceptors (Lipinski definition) is 3. The predicted molar refractivity (Wildman–Crippen MR) is 61.9 cm³/mol. The first kappa shape index (κ1) is 10.1. The van der Waals surface area contributed by atoms with Crippen molar-refractivity contribution < 1.29 is 4.79 Å². The monoisotopic (exact) mass is 220 g/mol. The average molecular weight is 220 g/mol. The van der Waals surface area contributed by atoms with Crippen molar-refractivity contribution in [3.05, 3.63) is 29.3 Å². The van der Waals surface area contributed by atoms with E-state index in [4.69, 9.17) is 0 Å². The van der Waals surface area contributed by atoms with E-state index in [-0.39, 0.29) is 11.9 Å². The lowest BCUT2D eigenvalue weighted by Crippen LogP contribution is -2.23. The minimum absolute atomic E-state index is 0.0140. The number of aromatic nitrogens is 1. The van der Waals surface area contributed by atoms with Gasteiger partial charge < -0.3 is 5.32 Å². The fourth-order valence-electron chi connectivity index (χ4n) is 1.44. The standard InChI is InChI=1S/C11H12N2OS/c1-7(12-8(2)14)11-13-9-5-3-4-6-10(9)15-11/h3-7H,1-2H3,(H,12,14). The Bertz CT molecular complexity index is 459. The van der Waals surface area contributed by atoms with Gasteiger partial charge in [-0.1, -0.05) is 12.1 Å². The van der Waals surface area contributed by atoms with E-state index in [1.54, 1.807) is 11.3 Å². The van der Waals surface area contributed by atoms with Gasteiger partial charge in [0, 0.05) is 6.92 Å². The number of amides is 1. The lowest BCUT2D eigenvalue weighted by molar-refractivity contribution is -0.119. The molecule has 1 aromatic carbocycles. The SMILES string of the molecule is CC(=O)NC(C)c1nc2ccccc2s1. The molecule has 1 atom stereocenters. The van der Waals surface area contributed by atoms with E-state index < -0.39 is 0 Å². The molecule has 0 fully saturated rings. The van der Waals surface area contributed by atoms with Crippen molar-refractivity contribution in [2.75, 3.05) is 0 Å². The molecule has 4 heteroatoms. The maximum absolute atomic E-state index is 10.9. The summed E-state index contributed by atoms with van der Waals surface area (Å²) < 4.78 is 1.16. The average Bonchev–Trinajstić information content (AvgIpc) is 2.59. The van der Waals surface area contributed by atoms with Gasteiger partial charge >= 0.3 is 0 Å². The number of nitrogens with one attached hydrogen (secondary N) is 1. The number of benzene rings is 1. The van der Waals surface area contributed by atoms with Gasteiger partial charge in [-0.25, -0.2) is 4.98 Å². The van der Waals surface area contributed by atoms with Gasteiger partial charge in [-0.2, -0.15) is 0 Å². The topological polar surface area (TPSA) is 42.0 Å². The van der Waals surface area contributed by atoms with Crippen LogP contribution in [0.3, 0.4) is 0 Å². The molecule has 0 bridgehead atoms. The summed E-state index contributed by atoms with van der Waals surface area (Å²) in [6.07, 6.45) is 0. The number of rotatable bonds is 2. The van der Waals surface area contributed by atoms with Crippen molar-refractivity contribution >= 4 is 27.5 Å². The molecular weight excluding hydrogens is 208 g/mol. The van der Waals surface area contributed by atoms with Gasteiger partial charge in [0.1, 0.15) is 5.01 Å². The van der Waals surface area contributed by atoms with Gasteiger partial charge in [0.15, 0.2) is 0 Å². The number of carbonyl (C=O) groups excluding carboxylic acids is 1. The zero-order valence-corrected chi connectivity index (χ0v) is 9.47. The number of nitrogens with zero attached hydrogens (tertiary/aromatic N) is 1. The van der Waals surface area contributed by atoms with E-state index in [9.17, 15) is 4.79 Å². The van der Waals surface area contributed by atoms with Crippen LogP contribution in [0.4, 0.5) is 0 Å². The molecular formula is C11H12N2OS. The van der Waals surface area contributed by atoms with Crippen LogP contribution in [0.25, 0.3) is 10.2 Å². The predicted octanol–water partition coefficient (Wildman–Crippen LogP) is 2.49. The summed E-state index contributed by atoms with van der Waals surface area (Å²) in [5, 5.41) is 3.78. The number of carbonyl (C=O) groups is 1. The first-order valence-corrected chi connectivity index (χ1v) is 5.61. The van der Waals surface area contributed by atoms with E-state index in [0.29, 0.717) is 0 Å². The highest BCUT2D eigenvalue weighted by molar-refractivity contribution is 7.18. The van der Waals surface area contributed by atoms with Crippen LogP contribution in [0.2, 0.25) is 0 Å². The Morgan fingerprint density at radius 3 is 2.87 bits per heavy atom. The third-order valence-corrected chi connectivity index (χ3v) is 3.32. The normalized spacial score (nSPS) is 12.7. The summed E-state index contributed by atoms with van der Waals surface area (Å²) >= 11 is 1.62. The molecule has 0 spiro atoms. The molecule has 2 aromatic rings.